The van der Waals surface area contributed by atoms with E-state index < -0.39 is 0 Å². The Labute approximate surface area is 179 Å². The van der Waals surface area contributed by atoms with Crippen LogP contribution in [0.4, 0.5) is 10.1 Å². The van der Waals surface area contributed by atoms with E-state index in [0.29, 0.717) is 18.3 Å². The molecule has 1 aromatic rings. The van der Waals surface area contributed by atoms with Crippen LogP contribution in [-0.2, 0) is 9.59 Å². The lowest BCUT2D eigenvalue weighted by molar-refractivity contribution is -0.138. The highest BCUT2D eigenvalue weighted by molar-refractivity contribution is 5.92. The van der Waals surface area contributed by atoms with Crippen molar-refractivity contribution in [3.63, 3.8) is 0 Å². The molecule has 3 rings (SSSR count). The Bertz CT molecular complexity index is 713. The van der Waals surface area contributed by atoms with Gasteiger partial charge in [-0.2, -0.15) is 0 Å². The lowest BCUT2D eigenvalue weighted by Gasteiger charge is -2.40. The highest BCUT2D eigenvalue weighted by Gasteiger charge is 2.29. The van der Waals surface area contributed by atoms with Gasteiger partial charge in [-0.3, -0.25) is 19.4 Å². The Hall–Kier alpha value is -1.99. The molecule has 7 heteroatoms. The van der Waals surface area contributed by atoms with Crippen molar-refractivity contribution in [3.8, 4) is 0 Å². The molecule has 1 heterocycles. The number of nitrogens with zero attached hydrogens (tertiary/aromatic N) is 3. The quantitative estimate of drug-likeness (QED) is 0.740. The molecule has 0 bridgehead atoms. The third-order valence-electron chi connectivity index (χ3n) is 6.11. The number of rotatable bonds is 7. The second-order valence-electron chi connectivity index (χ2n) is 8.80. The normalized spacial score (nSPS) is 19.1. The molecule has 2 aliphatic rings. The van der Waals surface area contributed by atoms with E-state index in [9.17, 15) is 14.0 Å². The van der Waals surface area contributed by atoms with Gasteiger partial charge in [0.1, 0.15) is 5.82 Å². The van der Waals surface area contributed by atoms with E-state index in [-0.39, 0.29) is 30.2 Å². The zero-order valence-electron chi connectivity index (χ0n) is 18.3. The minimum Gasteiger partial charge on any atom is -0.336 e. The van der Waals surface area contributed by atoms with Crippen LogP contribution in [0.25, 0.3) is 0 Å². The fourth-order valence-electron chi connectivity index (χ4n) is 4.62. The molecule has 0 atom stereocenters. The molecule has 0 spiro atoms. The van der Waals surface area contributed by atoms with Crippen LogP contribution in [-0.4, -0.2) is 77.9 Å². The summed E-state index contributed by atoms with van der Waals surface area (Å²) in [6.45, 7) is 7.99. The lowest BCUT2D eigenvalue weighted by Crippen LogP contribution is -2.54. The standard InChI is InChI=1S/C23H35FN4O2/c1-18(2)28(21-9-4-3-5-10-21)23(30)17-27-13-11-26(12-14-27)16-22(29)25-20-8-6-7-19(24)15-20/h6-8,15,18,21H,3-5,9-14,16-17H2,1-2H3,(H,25,29). The van der Waals surface area contributed by atoms with Crippen molar-refractivity contribution < 1.29 is 14.0 Å². The van der Waals surface area contributed by atoms with E-state index in [4.69, 9.17) is 0 Å². The van der Waals surface area contributed by atoms with Crippen molar-refractivity contribution in [2.24, 2.45) is 0 Å². The number of halogens is 1. The van der Waals surface area contributed by atoms with Gasteiger partial charge in [-0.15, -0.1) is 0 Å². The monoisotopic (exact) mass is 418 g/mol. The summed E-state index contributed by atoms with van der Waals surface area (Å²) in [7, 11) is 0. The van der Waals surface area contributed by atoms with Gasteiger partial charge in [0.05, 0.1) is 13.1 Å². The first-order chi connectivity index (χ1) is 14.4. The topological polar surface area (TPSA) is 55.9 Å². The number of amides is 2. The smallest absolute Gasteiger partial charge is 0.238 e. The molecule has 1 saturated heterocycles. The number of anilines is 1. The molecule has 2 fully saturated rings. The van der Waals surface area contributed by atoms with Crippen LogP contribution in [0.15, 0.2) is 24.3 Å². The molecule has 1 N–H and O–H groups in total. The van der Waals surface area contributed by atoms with Gasteiger partial charge in [0.15, 0.2) is 0 Å². The predicted octanol–water partition coefficient (Wildman–Crippen LogP) is 2.95. The van der Waals surface area contributed by atoms with Crippen LogP contribution in [0.3, 0.4) is 0 Å². The summed E-state index contributed by atoms with van der Waals surface area (Å²) in [4.78, 5) is 31.6. The molecule has 166 valence electrons. The zero-order chi connectivity index (χ0) is 21.5. The van der Waals surface area contributed by atoms with E-state index in [1.165, 1.54) is 31.4 Å². The van der Waals surface area contributed by atoms with E-state index >= 15 is 0 Å². The Morgan fingerprint density at radius 2 is 1.70 bits per heavy atom. The summed E-state index contributed by atoms with van der Waals surface area (Å²) in [6, 6.07) is 6.54. The van der Waals surface area contributed by atoms with Crippen molar-refractivity contribution >= 4 is 17.5 Å². The first kappa shape index (κ1) is 22.7. The Balaban J connectivity index is 1.43. The van der Waals surface area contributed by atoms with Gasteiger partial charge in [-0.05, 0) is 44.9 Å². The van der Waals surface area contributed by atoms with Crippen LogP contribution >= 0.6 is 0 Å². The summed E-state index contributed by atoms with van der Waals surface area (Å²) in [5.41, 5.74) is 0.473. The van der Waals surface area contributed by atoms with E-state index in [2.05, 4.69) is 33.9 Å². The Kier molecular flexibility index (Phi) is 8.22. The maximum Gasteiger partial charge on any atom is 0.238 e. The first-order valence-electron chi connectivity index (χ1n) is 11.2. The summed E-state index contributed by atoms with van der Waals surface area (Å²) < 4.78 is 13.3. The number of hydrogen-bond acceptors (Lipinski definition) is 4. The molecule has 0 radical (unpaired) electrons. The number of carbonyl (C=O) groups is 2. The number of carbonyl (C=O) groups excluding carboxylic acids is 2. The van der Waals surface area contributed by atoms with Crippen molar-refractivity contribution in [2.45, 2.75) is 58.0 Å². The molecular weight excluding hydrogens is 383 g/mol. The second kappa shape index (κ2) is 10.9. The molecule has 1 aliphatic heterocycles. The molecule has 1 aliphatic carbocycles. The minimum atomic E-state index is -0.366. The third kappa shape index (κ3) is 6.51. The van der Waals surface area contributed by atoms with Gasteiger partial charge in [0, 0.05) is 44.0 Å². The van der Waals surface area contributed by atoms with Crippen LogP contribution in [0.2, 0.25) is 0 Å². The predicted molar refractivity (Wildman–Crippen MR) is 117 cm³/mol. The molecular formula is C23H35FN4O2. The zero-order valence-corrected chi connectivity index (χ0v) is 18.3. The average Bonchev–Trinajstić information content (AvgIpc) is 2.70. The molecule has 30 heavy (non-hydrogen) atoms. The van der Waals surface area contributed by atoms with Gasteiger partial charge in [-0.25, -0.2) is 4.39 Å². The maximum absolute atomic E-state index is 13.3. The van der Waals surface area contributed by atoms with Crippen LogP contribution in [0.5, 0.6) is 0 Å². The largest absolute Gasteiger partial charge is 0.336 e. The number of hydrogen-bond donors (Lipinski definition) is 1. The summed E-state index contributed by atoms with van der Waals surface area (Å²) in [6.07, 6.45) is 5.97. The molecule has 0 aromatic heterocycles. The van der Waals surface area contributed by atoms with Gasteiger partial charge >= 0.3 is 0 Å². The first-order valence-corrected chi connectivity index (χ1v) is 11.2. The third-order valence-corrected chi connectivity index (χ3v) is 6.11. The van der Waals surface area contributed by atoms with Crippen molar-refractivity contribution in [2.75, 3.05) is 44.6 Å². The minimum absolute atomic E-state index is 0.145. The second-order valence-corrected chi connectivity index (χ2v) is 8.80. The highest BCUT2D eigenvalue weighted by atomic mass is 19.1. The molecule has 2 amide bonds. The van der Waals surface area contributed by atoms with Gasteiger partial charge in [-0.1, -0.05) is 25.3 Å². The highest BCUT2D eigenvalue weighted by Crippen LogP contribution is 2.24. The van der Waals surface area contributed by atoms with Crippen molar-refractivity contribution in [1.82, 2.24) is 14.7 Å². The maximum atomic E-state index is 13.3. The van der Waals surface area contributed by atoms with Crippen LogP contribution in [0.1, 0.15) is 46.0 Å². The van der Waals surface area contributed by atoms with Crippen molar-refractivity contribution in [1.29, 1.82) is 0 Å². The van der Waals surface area contributed by atoms with E-state index in [1.807, 2.05) is 0 Å². The van der Waals surface area contributed by atoms with Gasteiger partial charge in [0.25, 0.3) is 0 Å². The molecule has 1 saturated carbocycles. The van der Waals surface area contributed by atoms with Gasteiger partial charge < -0.3 is 10.2 Å². The SMILES string of the molecule is CC(C)N(C(=O)CN1CCN(CC(=O)Nc2cccc(F)c2)CC1)C1CCCCC1. The van der Waals surface area contributed by atoms with E-state index in [0.717, 1.165) is 39.0 Å². The number of nitrogens with one attached hydrogen (secondary N) is 1. The fraction of sp³-hybridized carbons (Fsp3) is 0.652. The van der Waals surface area contributed by atoms with Gasteiger partial charge in [0.2, 0.25) is 11.8 Å². The number of benzene rings is 1. The Morgan fingerprint density at radius 3 is 2.30 bits per heavy atom. The summed E-state index contributed by atoms with van der Waals surface area (Å²) >= 11 is 0. The summed E-state index contributed by atoms with van der Waals surface area (Å²) in [5, 5.41) is 2.74. The number of piperazine rings is 1. The Morgan fingerprint density at radius 1 is 1.07 bits per heavy atom. The van der Waals surface area contributed by atoms with Crippen LogP contribution in [0, 0.1) is 5.82 Å². The van der Waals surface area contributed by atoms with Crippen molar-refractivity contribution in [3.05, 3.63) is 30.1 Å². The molecule has 0 unspecified atom stereocenters. The van der Waals surface area contributed by atoms with E-state index in [1.54, 1.807) is 12.1 Å². The lowest BCUT2D eigenvalue weighted by atomic mass is 9.93. The molecule has 6 nitrogen and oxygen atoms in total. The summed E-state index contributed by atoms with van der Waals surface area (Å²) in [5.74, 6) is -0.280. The average molecular weight is 419 g/mol. The fourth-order valence-corrected chi connectivity index (χ4v) is 4.62. The molecule has 1 aromatic carbocycles. The van der Waals surface area contributed by atoms with Crippen LogP contribution < -0.4 is 5.32 Å².